The standard InChI is InChI=1S/C14H24F3NO4/c1-12(2,3)21-10(19)18(9-7-8-14(15,16)17)11(20)22-13(4,5)6/h7-9H2,1-6H3. The van der Waals surface area contributed by atoms with E-state index in [0.29, 0.717) is 4.90 Å². The van der Waals surface area contributed by atoms with Gasteiger partial charge in [0.2, 0.25) is 0 Å². The summed E-state index contributed by atoms with van der Waals surface area (Å²) >= 11 is 0. The highest BCUT2D eigenvalue weighted by Gasteiger charge is 2.33. The number of carbonyl (C=O) groups excluding carboxylic acids is 2. The van der Waals surface area contributed by atoms with Crippen molar-refractivity contribution in [2.75, 3.05) is 6.54 Å². The number of nitrogens with zero attached hydrogens (tertiary/aromatic N) is 1. The van der Waals surface area contributed by atoms with Gasteiger partial charge in [-0.15, -0.1) is 0 Å². The topological polar surface area (TPSA) is 55.8 Å². The lowest BCUT2D eigenvalue weighted by Gasteiger charge is -2.28. The van der Waals surface area contributed by atoms with Gasteiger partial charge < -0.3 is 9.47 Å². The lowest BCUT2D eigenvalue weighted by Crippen LogP contribution is -2.44. The van der Waals surface area contributed by atoms with Gasteiger partial charge in [0.1, 0.15) is 11.2 Å². The maximum atomic E-state index is 12.2. The normalized spacial score (nSPS) is 12.8. The monoisotopic (exact) mass is 327 g/mol. The van der Waals surface area contributed by atoms with E-state index in [1.165, 1.54) is 0 Å². The average Bonchev–Trinajstić information content (AvgIpc) is 2.16. The van der Waals surface area contributed by atoms with Crippen LogP contribution in [0.2, 0.25) is 0 Å². The van der Waals surface area contributed by atoms with E-state index in [1.807, 2.05) is 0 Å². The van der Waals surface area contributed by atoms with Crippen molar-refractivity contribution in [3.63, 3.8) is 0 Å². The zero-order valence-corrected chi connectivity index (χ0v) is 13.8. The van der Waals surface area contributed by atoms with Gasteiger partial charge in [-0.3, -0.25) is 0 Å². The SMILES string of the molecule is CC(C)(C)OC(=O)N(CCCC(F)(F)F)C(=O)OC(C)(C)C. The summed E-state index contributed by atoms with van der Waals surface area (Å²) in [5, 5.41) is 0. The summed E-state index contributed by atoms with van der Waals surface area (Å²) < 4.78 is 46.6. The zero-order chi connectivity index (χ0) is 17.8. The van der Waals surface area contributed by atoms with Crippen LogP contribution in [0.3, 0.4) is 0 Å². The minimum Gasteiger partial charge on any atom is -0.443 e. The maximum Gasteiger partial charge on any atom is 0.419 e. The molecule has 0 spiro atoms. The third kappa shape index (κ3) is 10.3. The van der Waals surface area contributed by atoms with Gasteiger partial charge in [-0.2, -0.15) is 13.2 Å². The Labute approximate surface area is 128 Å². The lowest BCUT2D eigenvalue weighted by molar-refractivity contribution is -0.136. The van der Waals surface area contributed by atoms with Crippen LogP contribution in [0, 0.1) is 0 Å². The van der Waals surface area contributed by atoms with Crippen molar-refractivity contribution >= 4 is 12.2 Å². The van der Waals surface area contributed by atoms with Crippen LogP contribution in [0.15, 0.2) is 0 Å². The fraction of sp³-hybridized carbons (Fsp3) is 0.857. The molecule has 8 heteroatoms. The predicted octanol–water partition coefficient (Wildman–Crippen LogP) is 4.50. The quantitative estimate of drug-likeness (QED) is 0.766. The van der Waals surface area contributed by atoms with Crippen molar-refractivity contribution in [3.05, 3.63) is 0 Å². The fourth-order valence-corrected chi connectivity index (χ4v) is 1.33. The zero-order valence-electron chi connectivity index (χ0n) is 13.8. The molecule has 0 aromatic heterocycles. The number of hydrogen-bond donors (Lipinski definition) is 0. The van der Waals surface area contributed by atoms with Crippen molar-refractivity contribution in [1.29, 1.82) is 0 Å². The third-order valence-corrected chi connectivity index (χ3v) is 2.07. The fourth-order valence-electron chi connectivity index (χ4n) is 1.33. The molecule has 0 aromatic rings. The lowest BCUT2D eigenvalue weighted by atomic mass is 10.2. The Kier molecular flexibility index (Phi) is 6.71. The molecule has 0 rings (SSSR count). The number of imide groups is 1. The Morgan fingerprint density at radius 3 is 1.50 bits per heavy atom. The molecule has 0 saturated heterocycles. The summed E-state index contributed by atoms with van der Waals surface area (Å²) in [6, 6.07) is 0. The molecule has 0 aliphatic rings. The highest BCUT2D eigenvalue weighted by atomic mass is 19.4. The number of halogens is 3. The third-order valence-electron chi connectivity index (χ3n) is 2.07. The minimum atomic E-state index is -4.35. The summed E-state index contributed by atoms with van der Waals surface area (Å²) in [6.45, 7) is 9.12. The van der Waals surface area contributed by atoms with Gasteiger partial charge in [0.05, 0.1) is 0 Å². The molecule has 0 bridgehead atoms. The highest BCUT2D eigenvalue weighted by Crippen LogP contribution is 2.22. The first-order chi connectivity index (χ1) is 9.61. The molecule has 0 radical (unpaired) electrons. The Balaban J connectivity index is 4.91. The summed E-state index contributed by atoms with van der Waals surface area (Å²) in [6.07, 6.45) is -7.92. The molecule has 0 N–H and O–H groups in total. The number of rotatable bonds is 3. The second-order valence-corrected chi connectivity index (χ2v) is 6.83. The van der Waals surface area contributed by atoms with Crippen LogP contribution in [0.1, 0.15) is 54.4 Å². The van der Waals surface area contributed by atoms with Crippen molar-refractivity contribution in [1.82, 2.24) is 4.90 Å². The molecule has 0 atom stereocenters. The summed E-state index contributed by atoms with van der Waals surface area (Å²) in [4.78, 5) is 24.5. The van der Waals surface area contributed by atoms with Crippen LogP contribution in [0.4, 0.5) is 22.8 Å². The Hall–Kier alpha value is -1.47. The first kappa shape index (κ1) is 20.5. The predicted molar refractivity (Wildman–Crippen MR) is 74.5 cm³/mol. The maximum absolute atomic E-state index is 12.2. The molecular weight excluding hydrogens is 303 g/mol. The second-order valence-electron chi connectivity index (χ2n) is 6.83. The second kappa shape index (κ2) is 7.19. The van der Waals surface area contributed by atoms with Gasteiger partial charge in [0.25, 0.3) is 0 Å². The molecule has 22 heavy (non-hydrogen) atoms. The Morgan fingerprint density at radius 1 is 0.864 bits per heavy atom. The van der Waals surface area contributed by atoms with Crippen LogP contribution in [-0.4, -0.2) is 41.0 Å². The molecule has 0 saturated carbocycles. The van der Waals surface area contributed by atoms with Crippen LogP contribution in [0.5, 0.6) is 0 Å². The van der Waals surface area contributed by atoms with Crippen LogP contribution in [-0.2, 0) is 9.47 Å². The number of amides is 2. The number of carbonyl (C=O) groups is 2. The van der Waals surface area contributed by atoms with E-state index in [-0.39, 0.29) is 0 Å². The van der Waals surface area contributed by atoms with E-state index in [4.69, 9.17) is 9.47 Å². The van der Waals surface area contributed by atoms with Crippen molar-refractivity contribution in [3.8, 4) is 0 Å². The summed E-state index contributed by atoms with van der Waals surface area (Å²) in [5.74, 6) is 0. The van der Waals surface area contributed by atoms with Gasteiger partial charge >= 0.3 is 18.4 Å². The van der Waals surface area contributed by atoms with Crippen molar-refractivity contribution in [2.45, 2.75) is 71.8 Å². The molecular formula is C14H24F3NO4. The molecule has 0 fully saturated rings. The minimum absolute atomic E-state index is 0.415. The van der Waals surface area contributed by atoms with Crippen LogP contribution >= 0.6 is 0 Å². The van der Waals surface area contributed by atoms with E-state index in [0.717, 1.165) is 0 Å². The van der Waals surface area contributed by atoms with Gasteiger partial charge in [0, 0.05) is 13.0 Å². The van der Waals surface area contributed by atoms with Crippen molar-refractivity contribution < 1.29 is 32.2 Å². The first-order valence-electron chi connectivity index (χ1n) is 6.91. The number of hydrogen-bond acceptors (Lipinski definition) is 4. The van der Waals surface area contributed by atoms with E-state index >= 15 is 0 Å². The molecule has 0 aromatic carbocycles. The van der Waals surface area contributed by atoms with Gasteiger partial charge in [-0.1, -0.05) is 0 Å². The van der Waals surface area contributed by atoms with E-state index in [2.05, 4.69) is 0 Å². The van der Waals surface area contributed by atoms with Crippen LogP contribution in [0.25, 0.3) is 0 Å². The largest absolute Gasteiger partial charge is 0.443 e. The number of alkyl halides is 3. The molecule has 130 valence electrons. The Morgan fingerprint density at radius 2 is 1.23 bits per heavy atom. The van der Waals surface area contributed by atoms with Gasteiger partial charge in [-0.05, 0) is 48.0 Å². The molecule has 0 aliphatic carbocycles. The molecule has 2 amide bonds. The molecule has 0 aliphatic heterocycles. The molecule has 0 unspecified atom stereocenters. The van der Waals surface area contributed by atoms with Gasteiger partial charge in [0.15, 0.2) is 0 Å². The van der Waals surface area contributed by atoms with Crippen molar-refractivity contribution in [2.24, 2.45) is 0 Å². The first-order valence-corrected chi connectivity index (χ1v) is 6.91. The average molecular weight is 327 g/mol. The number of ether oxygens (including phenoxy) is 2. The van der Waals surface area contributed by atoms with E-state index in [1.54, 1.807) is 41.5 Å². The van der Waals surface area contributed by atoms with E-state index < -0.39 is 49.0 Å². The smallest absolute Gasteiger partial charge is 0.419 e. The summed E-state index contributed by atoms with van der Waals surface area (Å²) in [5.41, 5.74) is -1.75. The molecule has 5 nitrogen and oxygen atoms in total. The van der Waals surface area contributed by atoms with Crippen LogP contribution < -0.4 is 0 Å². The summed E-state index contributed by atoms with van der Waals surface area (Å²) in [7, 11) is 0. The highest BCUT2D eigenvalue weighted by molar-refractivity contribution is 5.88. The van der Waals surface area contributed by atoms with E-state index in [9.17, 15) is 22.8 Å². The Bertz CT molecular complexity index is 366. The van der Waals surface area contributed by atoms with Gasteiger partial charge in [-0.25, -0.2) is 14.5 Å². The molecule has 0 heterocycles.